The molecule has 144 valence electrons. The molecule has 0 aliphatic carbocycles. The molecule has 1 aromatic rings. The molecule has 8 nitrogen and oxygen atoms in total. The Kier molecular flexibility index (Phi) is 5.71. The van der Waals surface area contributed by atoms with Gasteiger partial charge >= 0.3 is 11.9 Å². The number of nitrogens with zero attached hydrogens (tertiary/aromatic N) is 1. The van der Waals surface area contributed by atoms with Crippen molar-refractivity contribution in [1.82, 2.24) is 4.90 Å². The predicted octanol–water partition coefficient (Wildman–Crippen LogP) is 0.798. The van der Waals surface area contributed by atoms with Crippen LogP contribution in [0, 0.1) is 0 Å². The first-order valence-corrected chi connectivity index (χ1v) is 9.43. The fraction of sp³-hybridized carbons (Fsp3) is 0.389. The summed E-state index contributed by atoms with van der Waals surface area (Å²) in [5, 5.41) is -0.376. The van der Waals surface area contributed by atoms with Crippen LogP contribution < -0.4 is 10.5 Å². The summed E-state index contributed by atoms with van der Waals surface area (Å²) >= 11 is 1.33. The molecule has 0 saturated carbocycles. The van der Waals surface area contributed by atoms with Crippen molar-refractivity contribution in [2.24, 2.45) is 5.73 Å². The zero-order valence-electron chi connectivity index (χ0n) is 15.0. The lowest BCUT2D eigenvalue weighted by atomic mass is 10.0. The maximum Gasteiger partial charge on any atom is 0.356 e. The predicted molar refractivity (Wildman–Crippen MR) is 97.5 cm³/mol. The highest BCUT2D eigenvalue weighted by atomic mass is 32.2. The van der Waals surface area contributed by atoms with Gasteiger partial charge in [-0.2, -0.15) is 0 Å². The fourth-order valence-electron chi connectivity index (χ4n) is 2.82. The molecule has 1 saturated heterocycles. The molecule has 1 aromatic carbocycles. The Hall–Kier alpha value is -2.52. The average molecular weight is 392 g/mol. The Bertz CT molecular complexity index is 792. The number of methoxy groups -OCH3 is 1. The lowest BCUT2D eigenvalue weighted by Crippen LogP contribution is -2.68. The maximum absolute atomic E-state index is 12.7. The summed E-state index contributed by atoms with van der Waals surface area (Å²) < 4.78 is 15.4. The van der Waals surface area contributed by atoms with Gasteiger partial charge in [0, 0.05) is 5.75 Å². The summed E-state index contributed by atoms with van der Waals surface area (Å²) in [5.74, 6) is -0.879. The van der Waals surface area contributed by atoms with E-state index in [1.807, 2.05) is 0 Å². The molecule has 0 spiro atoms. The van der Waals surface area contributed by atoms with Gasteiger partial charge < -0.3 is 19.9 Å². The number of rotatable bonds is 6. The zero-order valence-corrected chi connectivity index (χ0v) is 15.8. The van der Waals surface area contributed by atoms with Gasteiger partial charge in [-0.25, -0.2) is 9.59 Å². The zero-order chi connectivity index (χ0) is 19.6. The number of hydrogen-bond acceptors (Lipinski definition) is 8. The van der Waals surface area contributed by atoms with Gasteiger partial charge in [0.05, 0.1) is 19.3 Å². The first-order chi connectivity index (χ1) is 13.0. The molecule has 1 amide bonds. The largest absolute Gasteiger partial charge is 0.497 e. The van der Waals surface area contributed by atoms with E-state index in [9.17, 15) is 14.4 Å². The molecule has 0 aromatic heterocycles. The number of β-lactam (4-membered cyclic amide) rings is 1. The van der Waals surface area contributed by atoms with Crippen LogP contribution in [-0.2, 0) is 30.5 Å². The number of esters is 2. The quantitative estimate of drug-likeness (QED) is 0.559. The van der Waals surface area contributed by atoms with Gasteiger partial charge in [0.15, 0.2) is 0 Å². The van der Waals surface area contributed by atoms with E-state index in [0.717, 1.165) is 5.56 Å². The van der Waals surface area contributed by atoms with Gasteiger partial charge in [-0.3, -0.25) is 9.69 Å². The highest BCUT2D eigenvalue weighted by Crippen LogP contribution is 2.40. The van der Waals surface area contributed by atoms with Gasteiger partial charge in [-0.05, 0) is 24.6 Å². The summed E-state index contributed by atoms with van der Waals surface area (Å²) in [6, 6.07) is 6.33. The van der Waals surface area contributed by atoms with Crippen molar-refractivity contribution in [3.05, 3.63) is 41.1 Å². The molecule has 27 heavy (non-hydrogen) atoms. The summed E-state index contributed by atoms with van der Waals surface area (Å²) in [7, 11) is 1.56. The van der Waals surface area contributed by atoms with Crippen LogP contribution >= 0.6 is 11.8 Å². The van der Waals surface area contributed by atoms with Gasteiger partial charge in [-0.1, -0.05) is 12.1 Å². The second-order valence-corrected chi connectivity index (χ2v) is 7.01. The number of fused-ring (bicyclic) bond motifs is 1. The topological polar surface area (TPSA) is 108 Å². The molecule has 2 aliphatic heterocycles. The number of amides is 1. The van der Waals surface area contributed by atoms with Crippen molar-refractivity contribution in [2.75, 3.05) is 19.5 Å². The normalized spacial score (nSPS) is 21.3. The molecular weight excluding hydrogens is 372 g/mol. The lowest BCUT2D eigenvalue weighted by molar-refractivity contribution is -0.152. The van der Waals surface area contributed by atoms with Crippen molar-refractivity contribution >= 4 is 29.6 Å². The molecule has 1 unspecified atom stereocenters. The molecule has 2 heterocycles. The Morgan fingerprint density at radius 2 is 1.93 bits per heavy atom. The van der Waals surface area contributed by atoms with Crippen molar-refractivity contribution < 1.29 is 28.6 Å². The van der Waals surface area contributed by atoms with Crippen LogP contribution in [0.1, 0.15) is 12.5 Å². The van der Waals surface area contributed by atoms with Crippen LogP contribution in [0.15, 0.2) is 35.5 Å². The van der Waals surface area contributed by atoms with Gasteiger partial charge in [0.1, 0.15) is 29.5 Å². The minimum absolute atomic E-state index is 0.00563. The standard InChI is InChI=1S/C18H20N2O6S/c1-3-25-17(22)12-9-27-16-13(19)15(21)20(16)14(12)18(23)26-8-10-4-6-11(24-2)7-5-10/h4-7,13,16H,3,8-9,19H2,1-2H3/t13?,16-/m0/s1. The molecule has 0 bridgehead atoms. The van der Waals surface area contributed by atoms with Crippen molar-refractivity contribution in [3.8, 4) is 5.75 Å². The van der Waals surface area contributed by atoms with E-state index in [1.54, 1.807) is 38.3 Å². The second kappa shape index (κ2) is 8.01. The number of ether oxygens (including phenoxy) is 3. The molecule has 3 rings (SSSR count). The molecule has 9 heteroatoms. The van der Waals surface area contributed by atoms with Crippen LogP contribution in [-0.4, -0.2) is 53.6 Å². The maximum atomic E-state index is 12.7. The first-order valence-electron chi connectivity index (χ1n) is 8.38. The van der Waals surface area contributed by atoms with Crippen LogP contribution in [0.2, 0.25) is 0 Å². The molecule has 1 fully saturated rings. The van der Waals surface area contributed by atoms with Crippen LogP contribution in [0.3, 0.4) is 0 Å². The van der Waals surface area contributed by atoms with E-state index in [-0.39, 0.29) is 35.6 Å². The van der Waals surface area contributed by atoms with Crippen LogP contribution in [0.4, 0.5) is 0 Å². The minimum Gasteiger partial charge on any atom is -0.497 e. The number of hydrogen-bond donors (Lipinski definition) is 1. The summed E-state index contributed by atoms with van der Waals surface area (Å²) in [4.78, 5) is 38.3. The summed E-state index contributed by atoms with van der Waals surface area (Å²) in [6.07, 6.45) is 0. The van der Waals surface area contributed by atoms with Crippen molar-refractivity contribution in [3.63, 3.8) is 0 Å². The number of carbonyl (C=O) groups excluding carboxylic acids is 3. The lowest BCUT2D eigenvalue weighted by Gasteiger charge is -2.47. The molecule has 2 atom stereocenters. The molecule has 2 aliphatic rings. The van der Waals surface area contributed by atoms with Gasteiger partial charge in [0.2, 0.25) is 5.91 Å². The SMILES string of the molecule is CCOC(=O)C1=C(C(=O)OCc2ccc(OC)cc2)N2C(=O)C(N)[C@@H]2SC1. The van der Waals surface area contributed by atoms with Gasteiger partial charge in [-0.15, -0.1) is 11.8 Å². The Balaban J connectivity index is 1.80. The average Bonchev–Trinajstić information content (AvgIpc) is 2.70. The minimum atomic E-state index is -0.751. The third-order valence-corrected chi connectivity index (χ3v) is 5.55. The van der Waals surface area contributed by atoms with E-state index in [0.29, 0.717) is 5.75 Å². The highest BCUT2D eigenvalue weighted by Gasteiger charge is 2.53. The Morgan fingerprint density at radius 3 is 2.56 bits per heavy atom. The monoisotopic (exact) mass is 392 g/mol. The first kappa shape index (κ1) is 19.2. The number of thioether (sulfide) groups is 1. The summed E-state index contributed by atoms with van der Waals surface area (Å²) in [6.45, 7) is 1.83. The van der Waals surface area contributed by atoms with E-state index in [2.05, 4.69) is 0 Å². The molecular formula is C18H20N2O6S. The third kappa shape index (κ3) is 3.65. The van der Waals surface area contributed by atoms with E-state index in [4.69, 9.17) is 19.9 Å². The molecule has 2 N–H and O–H groups in total. The number of carbonyl (C=O) groups is 3. The number of nitrogens with two attached hydrogens (primary N) is 1. The fourth-order valence-corrected chi connectivity index (χ4v) is 4.09. The smallest absolute Gasteiger partial charge is 0.356 e. The Morgan fingerprint density at radius 1 is 1.22 bits per heavy atom. The van der Waals surface area contributed by atoms with Crippen LogP contribution in [0.5, 0.6) is 5.75 Å². The number of benzene rings is 1. The summed E-state index contributed by atoms with van der Waals surface area (Å²) in [5.41, 5.74) is 6.59. The van der Waals surface area contributed by atoms with E-state index >= 15 is 0 Å². The third-order valence-electron chi connectivity index (χ3n) is 4.25. The highest BCUT2D eigenvalue weighted by molar-refractivity contribution is 8.00. The van der Waals surface area contributed by atoms with E-state index < -0.39 is 23.9 Å². The van der Waals surface area contributed by atoms with Crippen LogP contribution in [0.25, 0.3) is 0 Å². The van der Waals surface area contributed by atoms with Crippen molar-refractivity contribution in [2.45, 2.75) is 24.9 Å². The van der Waals surface area contributed by atoms with E-state index in [1.165, 1.54) is 16.7 Å². The Labute approximate surface area is 160 Å². The van der Waals surface area contributed by atoms with Gasteiger partial charge in [0.25, 0.3) is 0 Å². The van der Waals surface area contributed by atoms with Crippen molar-refractivity contribution in [1.29, 1.82) is 0 Å². The second-order valence-electron chi connectivity index (χ2n) is 5.91. The molecule has 0 radical (unpaired) electrons.